The van der Waals surface area contributed by atoms with E-state index in [4.69, 9.17) is 4.74 Å². The van der Waals surface area contributed by atoms with E-state index < -0.39 is 10.0 Å². The van der Waals surface area contributed by atoms with Gasteiger partial charge in [0, 0.05) is 6.54 Å². The largest absolute Gasteiger partial charge is 0.495 e. The van der Waals surface area contributed by atoms with E-state index in [1.807, 2.05) is 13.0 Å². The second kappa shape index (κ2) is 6.56. The molecule has 0 spiro atoms. The average Bonchev–Trinajstić information content (AvgIpc) is 2.46. The molecule has 0 saturated carbocycles. The first-order valence-corrected chi connectivity index (χ1v) is 8.36. The normalized spacial score (nSPS) is 19.8. The minimum atomic E-state index is -3.53. The number of benzene rings is 1. The zero-order valence-electron chi connectivity index (χ0n) is 12.0. The number of hydrogen-bond acceptors (Lipinski definition) is 4. The summed E-state index contributed by atoms with van der Waals surface area (Å²) in [5, 5.41) is 3.28. The summed E-state index contributed by atoms with van der Waals surface area (Å²) in [5.74, 6) is 0.735. The Bertz CT molecular complexity index is 552. The topological polar surface area (TPSA) is 67.4 Å². The highest BCUT2D eigenvalue weighted by atomic mass is 32.2. The fraction of sp³-hybridized carbons (Fsp3) is 0.571. The first-order chi connectivity index (χ1) is 9.53. The minimum absolute atomic E-state index is 0.212. The van der Waals surface area contributed by atoms with E-state index in [-0.39, 0.29) is 4.90 Å². The first kappa shape index (κ1) is 15.3. The van der Waals surface area contributed by atoms with Crippen LogP contribution in [0.3, 0.4) is 0 Å². The molecule has 1 aromatic carbocycles. The van der Waals surface area contributed by atoms with Gasteiger partial charge in [0.2, 0.25) is 10.0 Å². The smallest absolute Gasteiger partial charge is 0.244 e. The van der Waals surface area contributed by atoms with E-state index in [2.05, 4.69) is 10.0 Å². The van der Waals surface area contributed by atoms with Gasteiger partial charge in [-0.1, -0.05) is 6.07 Å². The van der Waals surface area contributed by atoms with Gasteiger partial charge in [-0.3, -0.25) is 0 Å². The Labute approximate surface area is 120 Å². The van der Waals surface area contributed by atoms with Crippen LogP contribution in [0.1, 0.15) is 18.4 Å². The molecule has 0 radical (unpaired) electrons. The zero-order valence-corrected chi connectivity index (χ0v) is 12.8. The molecule has 1 saturated heterocycles. The number of ether oxygens (including phenoxy) is 1. The number of nitrogens with one attached hydrogen (secondary N) is 2. The van der Waals surface area contributed by atoms with Gasteiger partial charge in [0.25, 0.3) is 0 Å². The molecule has 1 aliphatic rings. The van der Waals surface area contributed by atoms with Crippen LogP contribution in [0, 0.1) is 12.8 Å². The third-order valence-corrected chi connectivity index (χ3v) is 5.01. The van der Waals surface area contributed by atoms with E-state index in [0.717, 1.165) is 31.5 Å². The third kappa shape index (κ3) is 3.71. The van der Waals surface area contributed by atoms with Crippen molar-refractivity contribution in [3.05, 3.63) is 23.8 Å². The van der Waals surface area contributed by atoms with E-state index in [1.54, 1.807) is 12.1 Å². The van der Waals surface area contributed by atoms with Gasteiger partial charge in [0.1, 0.15) is 10.6 Å². The van der Waals surface area contributed by atoms with Crippen LogP contribution in [-0.2, 0) is 10.0 Å². The summed E-state index contributed by atoms with van der Waals surface area (Å²) in [6.45, 7) is 4.22. The standard InChI is InChI=1S/C14H22N2O3S/c1-11-5-6-13(19-2)14(8-11)20(17,18)16-10-12-4-3-7-15-9-12/h5-6,8,12,15-16H,3-4,7,9-10H2,1-2H3/t12-/m0/s1. The third-order valence-electron chi connectivity index (χ3n) is 3.57. The molecule has 6 heteroatoms. The molecular formula is C14H22N2O3S. The molecule has 0 amide bonds. The Morgan fingerprint density at radius 2 is 2.25 bits per heavy atom. The summed E-state index contributed by atoms with van der Waals surface area (Å²) in [7, 11) is -2.05. The van der Waals surface area contributed by atoms with Gasteiger partial charge in [0.15, 0.2) is 0 Å². The van der Waals surface area contributed by atoms with Gasteiger partial charge in [-0.05, 0) is 56.5 Å². The number of piperidine rings is 1. The van der Waals surface area contributed by atoms with E-state index >= 15 is 0 Å². The summed E-state index contributed by atoms with van der Waals surface area (Å²) in [6, 6.07) is 5.16. The van der Waals surface area contributed by atoms with Crippen molar-refractivity contribution >= 4 is 10.0 Å². The summed E-state index contributed by atoms with van der Waals surface area (Å²) >= 11 is 0. The number of sulfonamides is 1. The summed E-state index contributed by atoms with van der Waals surface area (Å²) in [5.41, 5.74) is 0.894. The van der Waals surface area contributed by atoms with Crippen LogP contribution in [0.25, 0.3) is 0 Å². The Kier molecular flexibility index (Phi) is 5.01. The van der Waals surface area contributed by atoms with E-state index in [0.29, 0.717) is 18.2 Å². The van der Waals surface area contributed by atoms with Gasteiger partial charge in [-0.2, -0.15) is 0 Å². The predicted octanol–water partition coefficient (Wildman–Crippen LogP) is 1.28. The fourth-order valence-corrected chi connectivity index (χ4v) is 3.77. The van der Waals surface area contributed by atoms with Crippen LogP contribution in [-0.4, -0.2) is 35.2 Å². The second-order valence-corrected chi connectivity index (χ2v) is 6.95. The summed E-state index contributed by atoms with van der Waals surface area (Å²) < 4.78 is 32.6. The molecule has 2 rings (SSSR count). The highest BCUT2D eigenvalue weighted by Gasteiger charge is 2.22. The Morgan fingerprint density at radius 3 is 2.90 bits per heavy atom. The molecule has 0 aromatic heterocycles. The molecule has 0 unspecified atom stereocenters. The van der Waals surface area contributed by atoms with Crippen molar-refractivity contribution in [1.82, 2.24) is 10.0 Å². The Balaban J connectivity index is 2.11. The highest BCUT2D eigenvalue weighted by molar-refractivity contribution is 7.89. The average molecular weight is 298 g/mol. The molecule has 1 atom stereocenters. The van der Waals surface area contributed by atoms with E-state index in [1.165, 1.54) is 7.11 Å². The maximum absolute atomic E-state index is 12.4. The molecule has 1 aliphatic heterocycles. The lowest BCUT2D eigenvalue weighted by molar-refractivity contribution is 0.374. The Hall–Kier alpha value is -1.11. The number of rotatable bonds is 5. The van der Waals surface area contributed by atoms with Crippen molar-refractivity contribution in [2.24, 2.45) is 5.92 Å². The second-order valence-electron chi connectivity index (χ2n) is 5.22. The molecule has 20 heavy (non-hydrogen) atoms. The maximum Gasteiger partial charge on any atom is 0.244 e. The van der Waals surface area contributed by atoms with Crippen LogP contribution in [0.2, 0.25) is 0 Å². The number of hydrogen-bond donors (Lipinski definition) is 2. The molecule has 5 nitrogen and oxygen atoms in total. The van der Waals surface area contributed by atoms with Gasteiger partial charge < -0.3 is 10.1 Å². The molecule has 1 fully saturated rings. The molecule has 112 valence electrons. The summed E-state index contributed by atoms with van der Waals surface area (Å²) in [6.07, 6.45) is 2.15. The lowest BCUT2D eigenvalue weighted by Gasteiger charge is -2.23. The minimum Gasteiger partial charge on any atom is -0.495 e. The molecule has 0 aliphatic carbocycles. The highest BCUT2D eigenvalue weighted by Crippen LogP contribution is 2.24. The van der Waals surface area contributed by atoms with Crippen molar-refractivity contribution in [2.45, 2.75) is 24.7 Å². The van der Waals surface area contributed by atoms with Crippen molar-refractivity contribution in [3.8, 4) is 5.75 Å². The van der Waals surface area contributed by atoms with Crippen molar-refractivity contribution in [3.63, 3.8) is 0 Å². The van der Waals surface area contributed by atoms with Crippen LogP contribution < -0.4 is 14.8 Å². The van der Waals surface area contributed by atoms with Crippen LogP contribution in [0.15, 0.2) is 23.1 Å². The quantitative estimate of drug-likeness (QED) is 0.859. The first-order valence-electron chi connectivity index (χ1n) is 6.88. The van der Waals surface area contributed by atoms with Crippen molar-refractivity contribution in [1.29, 1.82) is 0 Å². The van der Waals surface area contributed by atoms with Gasteiger partial charge in [-0.15, -0.1) is 0 Å². The SMILES string of the molecule is COc1ccc(C)cc1S(=O)(=O)NC[C@H]1CCCNC1. The number of aryl methyl sites for hydroxylation is 1. The van der Waals surface area contributed by atoms with Gasteiger partial charge >= 0.3 is 0 Å². The van der Waals surface area contributed by atoms with Gasteiger partial charge in [0.05, 0.1) is 7.11 Å². The van der Waals surface area contributed by atoms with Crippen LogP contribution in [0.5, 0.6) is 5.75 Å². The molecule has 0 bridgehead atoms. The van der Waals surface area contributed by atoms with Gasteiger partial charge in [-0.25, -0.2) is 13.1 Å². The fourth-order valence-electron chi connectivity index (χ4n) is 2.40. The molecule has 1 aromatic rings. The lowest BCUT2D eigenvalue weighted by Crippen LogP contribution is -2.38. The molecule has 1 heterocycles. The Morgan fingerprint density at radius 1 is 1.45 bits per heavy atom. The van der Waals surface area contributed by atoms with Crippen LogP contribution >= 0.6 is 0 Å². The van der Waals surface area contributed by atoms with Crippen molar-refractivity contribution in [2.75, 3.05) is 26.7 Å². The monoisotopic (exact) mass is 298 g/mol. The zero-order chi connectivity index (χ0) is 14.6. The molecular weight excluding hydrogens is 276 g/mol. The van der Waals surface area contributed by atoms with E-state index in [9.17, 15) is 8.42 Å². The van der Waals surface area contributed by atoms with Crippen LogP contribution in [0.4, 0.5) is 0 Å². The lowest BCUT2D eigenvalue weighted by atomic mass is 10.0. The molecule has 2 N–H and O–H groups in total. The van der Waals surface area contributed by atoms with Crippen molar-refractivity contribution < 1.29 is 13.2 Å². The predicted molar refractivity (Wildman–Crippen MR) is 78.5 cm³/mol. The number of methoxy groups -OCH3 is 1. The summed E-state index contributed by atoms with van der Waals surface area (Å²) in [4.78, 5) is 0.212. The maximum atomic E-state index is 12.4.